The molecule has 0 aliphatic heterocycles. The van der Waals surface area contributed by atoms with E-state index in [-0.39, 0.29) is 5.56 Å². The standard InChI is InChI=1S/C14H8N2O/c15-8-10-7-9-5-6-16-14(17)13(9)12-4-2-1-3-11(10)12/h1-7H,(H,16,17). The maximum absolute atomic E-state index is 11.9. The number of nitrogens with one attached hydrogen (secondary N) is 1. The fourth-order valence-electron chi connectivity index (χ4n) is 2.15. The molecule has 0 aliphatic rings. The maximum atomic E-state index is 11.9. The largest absolute Gasteiger partial charge is 0.329 e. The van der Waals surface area contributed by atoms with E-state index in [1.807, 2.05) is 30.3 Å². The highest BCUT2D eigenvalue weighted by atomic mass is 16.1. The number of aromatic amines is 1. The lowest BCUT2D eigenvalue weighted by molar-refractivity contribution is 1.28. The second-order valence-corrected chi connectivity index (χ2v) is 3.85. The van der Waals surface area contributed by atoms with Gasteiger partial charge in [0.1, 0.15) is 0 Å². The Labute approximate surface area is 96.9 Å². The van der Waals surface area contributed by atoms with Gasteiger partial charge in [0.2, 0.25) is 0 Å². The molecular formula is C14H8N2O. The van der Waals surface area contributed by atoms with E-state index in [2.05, 4.69) is 11.1 Å². The predicted molar refractivity (Wildman–Crippen MR) is 66.8 cm³/mol. The molecule has 0 unspecified atom stereocenters. The summed E-state index contributed by atoms with van der Waals surface area (Å²) in [7, 11) is 0. The van der Waals surface area contributed by atoms with Crippen LogP contribution in [-0.2, 0) is 0 Å². The van der Waals surface area contributed by atoms with E-state index >= 15 is 0 Å². The van der Waals surface area contributed by atoms with Crippen LogP contribution in [0.3, 0.4) is 0 Å². The van der Waals surface area contributed by atoms with Crippen molar-refractivity contribution in [3.63, 3.8) is 0 Å². The molecule has 0 amide bonds. The molecule has 0 aliphatic carbocycles. The first-order valence-electron chi connectivity index (χ1n) is 5.24. The number of aromatic nitrogens is 1. The molecule has 3 heteroatoms. The van der Waals surface area contributed by atoms with Gasteiger partial charge in [0.25, 0.3) is 5.56 Å². The highest BCUT2D eigenvalue weighted by molar-refractivity contribution is 6.09. The minimum absolute atomic E-state index is 0.122. The Hall–Kier alpha value is -2.60. The van der Waals surface area contributed by atoms with E-state index in [0.717, 1.165) is 16.2 Å². The first-order valence-corrected chi connectivity index (χ1v) is 5.24. The summed E-state index contributed by atoms with van der Waals surface area (Å²) in [4.78, 5) is 14.5. The zero-order valence-corrected chi connectivity index (χ0v) is 8.90. The Morgan fingerprint density at radius 3 is 2.65 bits per heavy atom. The van der Waals surface area contributed by atoms with Crippen molar-refractivity contribution in [2.24, 2.45) is 0 Å². The van der Waals surface area contributed by atoms with Gasteiger partial charge in [-0.05, 0) is 22.9 Å². The van der Waals surface area contributed by atoms with Gasteiger partial charge in [0.15, 0.2) is 0 Å². The van der Waals surface area contributed by atoms with Crippen LogP contribution in [0.25, 0.3) is 21.5 Å². The Balaban J connectivity index is 2.72. The summed E-state index contributed by atoms with van der Waals surface area (Å²) >= 11 is 0. The van der Waals surface area contributed by atoms with Crippen LogP contribution in [0.15, 0.2) is 47.4 Å². The summed E-state index contributed by atoms with van der Waals surface area (Å²) in [5, 5.41) is 12.2. The van der Waals surface area contributed by atoms with Crippen molar-refractivity contribution in [2.45, 2.75) is 0 Å². The van der Waals surface area contributed by atoms with Crippen LogP contribution >= 0.6 is 0 Å². The Morgan fingerprint density at radius 1 is 1.12 bits per heavy atom. The molecule has 3 nitrogen and oxygen atoms in total. The molecule has 0 saturated carbocycles. The molecule has 17 heavy (non-hydrogen) atoms. The van der Waals surface area contributed by atoms with E-state index in [0.29, 0.717) is 10.9 Å². The zero-order valence-electron chi connectivity index (χ0n) is 8.90. The van der Waals surface area contributed by atoms with Crippen molar-refractivity contribution in [1.82, 2.24) is 4.98 Å². The summed E-state index contributed by atoms with van der Waals surface area (Å²) in [6.07, 6.45) is 1.60. The van der Waals surface area contributed by atoms with E-state index in [9.17, 15) is 4.79 Å². The molecule has 1 heterocycles. The molecular weight excluding hydrogens is 212 g/mol. The molecule has 3 rings (SSSR count). The van der Waals surface area contributed by atoms with Crippen LogP contribution in [0.2, 0.25) is 0 Å². The fourth-order valence-corrected chi connectivity index (χ4v) is 2.15. The molecule has 2 aromatic carbocycles. The summed E-state index contributed by atoms with van der Waals surface area (Å²) in [5.74, 6) is 0. The summed E-state index contributed by atoms with van der Waals surface area (Å²) in [5.41, 5.74) is 0.474. The Bertz CT molecular complexity index is 825. The minimum atomic E-state index is -0.122. The molecule has 0 saturated heterocycles. The fraction of sp³-hybridized carbons (Fsp3) is 0. The van der Waals surface area contributed by atoms with Crippen molar-refractivity contribution in [3.05, 3.63) is 58.5 Å². The first-order chi connectivity index (χ1) is 8.31. The highest BCUT2D eigenvalue weighted by Crippen LogP contribution is 2.25. The lowest BCUT2D eigenvalue weighted by atomic mass is 9.99. The number of nitrogens with zero attached hydrogens (tertiary/aromatic N) is 1. The lowest BCUT2D eigenvalue weighted by Crippen LogP contribution is -2.05. The summed E-state index contributed by atoms with van der Waals surface area (Å²) in [6.45, 7) is 0. The smallest absolute Gasteiger partial charge is 0.256 e. The Kier molecular flexibility index (Phi) is 1.96. The third-order valence-corrected chi connectivity index (χ3v) is 2.90. The van der Waals surface area contributed by atoms with E-state index < -0.39 is 0 Å². The molecule has 0 fully saturated rings. The monoisotopic (exact) mass is 220 g/mol. The normalized spacial score (nSPS) is 10.5. The topological polar surface area (TPSA) is 56.6 Å². The van der Waals surface area contributed by atoms with Gasteiger partial charge in [-0.2, -0.15) is 5.26 Å². The minimum Gasteiger partial charge on any atom is -0.329 e. The maximum Gasteiger partial charge on any atom is 0.256 e. The Morgan fingerprint density at radius 2 is 1.88 bits per heavy atom. The summed E-state index contributed by atoms with van der Waals surface area (Å²) < 4.78 is 0. The van der Waals surface area contributed by atoms with Crippen LogP contribution < -0.4 is 5.56 Å². The van der Waals surface area contributed by atoms with E-state index in [1.54, 1.807) is 12.3 Å². The number of fused-ring (bicyclic) bond motifs is 3. The number of pyridine rings is 1. The number of benzene rings is 2. The molecule has 0 bridgehead atoms. The van der Waals surface area contributed by atoms with Crippen LogP contribution in [-0.4, -0.2) is 4.98 Å². The van der Waals surface area contributed by atoms with Gasteiger partial charge >= 0.3 is 0 Å². The van der Waals surface area contributed by atoms with Gasteiger partial charge in [0.05, 0.1) is 17.0 Å². The molecule has 0 radical (unpaired) electrons. The quantitative estimate of drug-likeness (QED) is 0.592. The van der Waals surface area contributed by atoms with Crippen LogP contribution in [0, 0.1) is 11.3 Å². The van der Waals surface area contributed by atoms with E-state index in [1.165, 1.54) is 0 Å². The average molecular weight is 220 g/mol. The average Bonchev–Trinajstić information content (AvgIpc) is 2.37. The van der Waals surface area contributed by atoms with Crippen molar-refractivity contribution in [2.75, 3.05) is 0 Å². The number of nitriles is 1. The van der Waals surface area contributed by atoms with Crippen LogP contribution in [0.1, 0.15) is 5.56 Å². The third-order valence-electron chi connectivity index (χ3n) is 2.90. The molecule has 0 atom stereocenters. The van der Waals surface area contributed by atoms with Crippen LogP contribution in [0.5, 0.6) is 0 Å². The number of hydrogen-bond acceptors (Lipinski definition) is 2. The molecule has 0 spiro atoms. The molecule has 80 valence electrons. The van der Waals surface area contributed by atoms with Gasteiger partial charge in [0, 0.05) is 11.6 Å². The van der Waals surface area contributed by atoms with Crippen LogP contribution in [0.4, 0.5) is 0 Å². The van der Waals surface area contributed by atoms with Gasteiger partial charge in [-0.1, -0.05) is 24.3 Å². The first kappa shape index (κ1) is 9.61. The molecule has 1 N–H and O–H groups in total. The van der Waals surface area contributed by atoms with Gasteiger partial charge in [-0.15, -0.1) is 0 Å². The highest BCUT2D eigenvalue weighted by Gasteiger charge is 2.07. The van der Waals surface area contributed by atoms with Gasteiger partial charge < -0.3 is 4.98 Å². The van der Waals surface area contributed by atoms with Crippen molar-refractivity contribution >= 4 is 21.5 Å². The van der Waals surface area contributed by atoms with Crippen molar-refractivity contribution in [3.8, 4) is 6.07 Å². The second-order valence-electron chi connectivity index (χ2n) is 3.85. The van der Waals surface area contributed by atoms with Crippen molar-refractivity contribution in [1.29, 1.82) is 5.26 Å². The molecule has 1 aromatic heterocycles. The number of H-pyrrole nitrogens is 1. The second kappa shape index (κ2) is 3.46. The zero-order chi connectivity index (χ0) is 11.8. The van der Waals surface area contributed by atoms with Gasteiger partial charge in [-0.25, -0.2) is 0 Å². The number of hydrogen-bond donors (Lipinski definition) is 1. The van der Waals surface area contributed by atoms with Gasteiger partial charge in [-0.3, -0.25) is 4.79 Å². The van der Waals surface area contributed by atoms with E-state index in [4.69, 9.17) is 5.26 Å². The third kappa shape index (κ3) is 1.31. The van der Waals surface area contributed by atoms with Crippen molar-refractivity contribution < 1.29 is 0 Å². The SMILES string of the molecule is N#Cc1cc2cc[nH]c(=O)c2c2ccccc12. The number of rotatable bonds is 0. The summed E-state index contributed by atoms with van der Waals surface area (Å²) in [6, 6.07) is 13.2. The predicted octanol–water partition coefficient (Wildman–Crippen LogP) is 2.55. The molecule has 3 aromatic rings. The lowest BCUT2D eigenvalue weighted by Gasteiger charge is -2.04.